The van der Waals surface area contributed by atoms with Crippen molar-refractivity contribution in [3.8, 4) is 0 Å². The topological polar surface area (TPSA) is 82.8 Å². The molecule has 4 N–H and O–H groups in total. The van der Waals surface area contributed by atoms with Gasteiger partial charge in [0.25, 0.3) is 0 Å². The normalized spacial score (nSPS) is 14.9. The average Bonchev–Trinajstić information content (AvgIpc) is 2.63. The number of nitrogens with two attached hydrogens (primary N) is 2. The number of nitrogen functional groups attached to an aromatic ring is 2. The summed E-state index contributed by atoms with van der Waals surface area (Å²) >= 11 is 1.59. The number of hydrogen-bond acceptors (Lipinski definition) is 5. The van der Waals surface area contributed by atoms with Gasteiger partial charge in [0.15, 0.2) is 5.16 Å². The minimum atomic E-state index is 0.612. The lowest BCUT2D eigenvalue weighted by Crippen LogP contribution is -2.02. The highest BCUT2D eigenvalue weighted by Gasteiger charge is 2.15. The van der Waals surface area contributed by atoms with Crippen LogP contribution < -0.4 is 11.5 Å². The minimum absolute atomic E-state index is 0.612. The molecule has 3 rings (SSSR count). The lowest BCUT2D eigenvalue weighted by Gasteiger charge is -2.07. The van der Waals surface area contributed by atoms with E-state index in [1.165, 1.54) is 19.3 Å². The van der Waals surface area contributed by atoms with Crippen LogP contribution in [0, 0.1) is 0 Å². The summed E-state index contributed by atoms with van der Waals surface area (Å²) in [4.78, 5) is 1.05. The van der Waals surface area contributed by atoms with Crippen molar-refractivity contribution >= 4 is 23.1 Å². The van der Waals surface area contributed by atoms with Crippen LogP contribution in [0.15, 0.2) is 28.3 Å². The van der Waals surface area contributed by atoms with Crippen molar-refractivity contribution in [3.63, 3.8) is 0 Å². The summed E-state index contributed by atoms with van der Waals surface area (Å²) in [5, 5.41) is 9.53. The van der Waals surface area contributed by atoms with Crippen molar-refractivity contribution in [2.45, 2.75) is 42.3 Å². The van der Waals surface area contributed by atoms with E-state index >= 15 is 0 Å². The molecule has 0 saturated heterocycles. The Morgan fingerprint density at radius 2 is 1.95 bits per heavy atom. The summed E-state index contributed by atoms with van der Waals surface area (Å²) in [6.07, 6.45) is 4.69. The first-order chi connectivity index (χ1) is 9.24. The van der Waals surface area contributed by atoms with Crippen LogP contribution >= 0.6 is 11.8 Å². The first kappa shape index (κ1) is 12.3. The molecule has 0 atom stereocenters. The van der Waals surface area contributed by atoms with Gasteiger partial charge in [-0.15, -0.1) is 10.2 Å². The maximum atomic E-state index is 5.83. The third kappa shape index (κ3) is 2.53. The molecule has 6 heteroatoms. The van der Waals surface area contributed by atoms with Gasteiger partial charge >= 0.3 is 0 Å². The van der Waals surface area contributed by atoms with E-state index in [2.05, 4.69) is 14.8 Å². The van der Waals surface area contributed by atoms with Crippen LogP contribution in [0.4, 0.5) is 11.4 Å². The zero-order valence-corrected chi connectivity index (χ0v) is 11.5. The SMILES string of the molecule is Nc1ccc(Sc2nnc3n2CCCCC3)cc1N. The van der Waals surface area contributed by atoms with Crippen LogP contribution in [0.2, 0.25) is 0 Å². The standard InChI is InChI=1S/C13H17N5S/c14-10-6-5-9(8-11(10)15)19-13-17-16-12-4-2-1-3-7-18(12)13/h5-6,8H,1-4,7,14-15H2. The van der Waals surface area contributed by atoms with Gasteiger partial charge in [0.2, 0.25) is 0 Å². The molecule has 0 spiro atoms. The summed E-state index contributed by atoms with van der Waals surface area (Å²) in [5.41, 5.74) is 12.8. The summed E-state index contributed by atoms with van der Waals surface area (Å²) < 4.78 is 2.23. The number of aromatic nitrogens is 3. The van der Waals surface area contributed by atoms with E-state index in [0.29, 0.717) is 11.4 Å². The number of benzene rings is 1. The Morgan fingerprint density at radius 3 is 2.79 bits per heavy atom. The molecule has 2 heterocycles. The predicted molar refractivity (Wildman–Crippen MR) is 77.0 cm³/mol. The number of nitrogens with zero attached hydrogens (tertiary/aromatic N) is 3. The lowest BCUT2D eigenvalue weighted by atomic mass is 10.2. The summed E-state index contributed by atoms with van der Waals surface area (Å²) in [6.45, 7) is 1.01. The lowest BCUT2D eigenvalue weighted by molar-refractivity contribution is 0.591. The molecular weight excluding hydrogens is 258 g/mol. The van der Waals surface area contributed by atoms with E-state index < -0.39 is 0 Å². The summed E-state index contributed by atoms with van der Waals surface area (Å²) in [6, 6.07) is 5.68. The third-order valence-electron chi connectivity index (χ3n) is 3.34. The Labute approximate surface area is 116 Å². The largest absolute Gasteiger partial charge is 0.397 e. The number of aryl methyl sites for hydroxylation is 1. The number of anilines is 2. The Balaban J connectivity index is 1.87. The molecular formula is C13H17N5S. The van der Waals surface area contributed by atoms with Crippen LogP contribution in [0.3, 0.4) is 0 Å². The van der Waals surface area contributed by atoms with Crippen LogP contribution in [0.1, 0.15) is 25.1 Å². The van der Waals surface area contributed by atoms with E-state index in [0.717, 1.165) is 28.8 Å². The van der Waals surface area contributed by atoms with Crippen LogP contribution in [-0.4, -0.2) is 14.8 Å². The molecule has 0 amide bonds. The number of fused-ring (bicyclic) bond motifs is 1. The molecule has 19 heavy (non-hydrogen) atoms. The van der Waals surface area contributed by atoms with E-state index in [1.807, 2.05) is 18.2 Å². The van der Waals surface area contributed by atoms with Crippen LogP contribution in [-0.2, 0) is 13.0 Å². The molecule has 5 nitrogen and oxygen atoms in total. The van der Waals surface area contributed by atoms with Gasteiger partial charge in [-0.3, -0.25) is 0 Å². The third-order valence-corrected chi connectivity index (χ3v) is 4.32. The van der Waals surface area contributed by atoms with Crippen molar-refractivity contribution in [2.75, 3.05) is 11.5 Å². The highest BCUT2D eigenvalue weighted by atomic mass is 32.2. The number of rotatable bonds is 2. The Hall–Kier alpha value is -1.69. The quantitative estimate of drug-likeness (QED) is 0.822. The first-order valence-electron chi connectivity index (χ1n) is 6.49. The van der Waals surface area contributed by atoms with Gasteiger partial charge in [-0.25, -0.2) is 0 Å². The monoisotopic (exact) mass is 275 g/mol. The van der Waals surface area contributed by atoms with Gasteiger partial charge in [-0.2, -0.15) is 0 Å². The maximum absolute atomic E-state index is 5.83. The molecule has 0 fully saturated rings. The summed E-state index contributed by atoms with van der Waals surface area (Å²) in [5.74, 6) is 1.10. The highest BCUT2D eigenvalue weighted by Crippen LogP contribution is 2.31. The molecule has 0 radical (unpaired) electrons. The first-order valence-corrected chi connectivity index (χ1v) is 7.30. The fourth-order valence-electron chi connectivity index (χ4n) is 2.26. The van der Waals surface area contributed by atoms with Gasteiger partial charge in [-0.05, 0) is 42.8 Å². The maximum Gasteiger partial charge on any atom is 0.196 e. The zero-order chi connectivity index (χ0) is 13.2. The second-order valence-corrected chi connectivity index (χ2v) is 5.79. The van der Waals surface area contributed by atoms with Crippen LogP contribution in [0.5, 0.6) is 0 Å². The molecule has 0 saturated carbocycles. The van der Waals surface area contributed by atoms with E-state index in [-0.39, 0.29) is 0 Å². The molecule has 1 aromatic carbocycles. The minimum Gasteiger partial charge on any atom is -0.397 e. The molecule has 2 aromatic rings. The van der Waals surface area contributed by atoms with Gasteiger partial charge in [0.1, 0.15) is 5.82 Å². The van der Waals surface area contributed by atoms with Gasteiger partial charge in [0, 0.05) is 17.9 Å². The second-order valence-electron chi connectivity index (χ2n) is 4.75. The average molecular weight is 275 g/mol. The van der Waals surface area contributed by atoms with Crippen molar-refractivity contribution < 1.29 is 0 Å². The summed E-state index contributed by atoms with van der Waals surface area (Å²) in [7, 11) is 0. The van der Waals surface area contributed by atoms with Gasteiger partial charge in [-0.1, -0.05) is 6.42 Å². The molecule has 1 aliphatic heterocycles. The smallest absolute Gasteiger partial charge is 0.196 e. The van der Waals surface area contributed by atoms with Crippen LogP contribution in [0.25, 0.3) is 0 Å². The molecule has 1 aliphatic rings. The second kappa shape index (κ2) is 5.13. The van der Waals surface area contributed by atoms with Crippen molar-refractivity contribution in [2.24, 2.45) is 0 Å². The van der Waals surface area contributed by atoms with Gasteiger partial charge in [0.05, 0.1) is 11.4 Å². The fraction of sp³-hybridized carbons (Fsp3) is 0.385. The fourth-order valence-corrected chi connectivity index (χ4v) is 3.18. The van der Waals surface area contributed by atoms with Gasteiger partial charge < -0.3 is 16.0 Å². The molecule has 0 unspecified atom stereocenters. The number of hydrogen-bond donors (Lipinski definition) is 2. The Kier molecular flexibility index (Phi) is 3.33. The molecule has 100 valence electrons. The predicted octanol–water partition coefficient (Wildman–Crippen LogP) is 2.32. The van der Waals surface area contributed by atoms with Crippen molar-refractivity contribution in [1.82, 2.24) is 14.8 Å². The van der Waals surface area contributed by atoms with E-state index in [9.17, 15) is 0 Å². The van der Waals surface area contributed by atoms with E-state index in [4.69, 9.17) is 11.5 Å². The molecule has 0 aliphatic carbocycles. The zero-order valence-electron chi connectivity index (χ0n) is 10.7. The van der Waals surface area contributed by atoms with Crippen molar-refractivity contribution in [3.05, 3.63) is 24.0 Å². The Bertz CT molecular complexity index is 593. The highest BCUT2D eigenvalue weighted by molar-refractivity contribution is 7.99. The van der Waals surface area contributed by atoms with E-state index in [1.54, 1.807) is 11.8 Å². The molecule has 0 bridgehead atoms. The van der Waals surface area contributed by atoms with Crippen molar-refractivity contribution in [1.29, 1.82) is 0 Å². The Morgan fingerprint density at radius 1 is 1.05 bits per heavy atom. The molecule has 1 aromatic heterocycles.